The predicted molar refractivity (Wildman–Crippen MR) is 46.7 cm³/mol. The van der Waals surface area contributed by atoms with Crippen molar-refractivity contribution >= 4 is 0 Å². The summed E-state index contributed by atoms with van der Waals surface area (Å²) < 4.78 is 1.55. The zero-order valence-electron chi connectivity index (χ0n) is 7.77. The number of unbranched alkanes of at least 4 members (excludes halogenated alkanes) is 3. The average Bonchev–Trinajstić information content (AvgIpc) is 2.60. The van der Waals surface area contributed by atoms with Crippen LogP contribution in [0.1, 0.15) is 38.4 Å². The first kappa shape index (κ1) is 9.65. The summed E-state index contributed by atoms with van der Waals surface area (Å²) in [6.07, 6.45) is 4.64. The Bertz CT molecular complexity index is 285. The molecular weight excluding hydrogens is 166 g/mol. The smallest absolute Gasteiger partial charge is 0.217 e. The molecule has 0 atom stereocenters. The Balaban J connectivity index is 2.33. The van der Waals surface area contributed by atoms with Gasteiger partial charge in [-0.1, -0.05) is 31.3 Å². The van der Waals surface area contributed by atoms with Gasteiger partial charge in [-0.2, -0.15) is 5.26 Å². The Kier molecular flexibility index (Phi) is 3.89. The number of nitriles is 1. The lowest BCUT2D eigenvalue weighted by Crippen LogP contribution is -2.03. The van der Waals surface area contributed by atoms with Gasteiger partial charge >= 0.3 is 0 Å². The molecule has 0 N–H and O–H groups in total. The number of rotatable bonds is 5. The van der Waals surface area contributed by atoms with Crippen LogP contribution in [0, 0.1) is 11.3 Å². The van der Waals surface area contributed by atoms with E-state index in [1.807, 2.05) is 6.07 Å². The van der Waals surface area contributed by atoms with Crippen LogP contribution in [-0.2, 0) is 6.54 Å². The average molecular weight is 179 g/mol. The zero-order chi connectivity index (χ0) is 9.52. The van der Waals surface area contributed by atoms with Crippen molar-refractivity contribution in [3.63, 3.8) is 0 Å². The van der Waals surface area contributed by atoms with Gasteiger partial charge in [-0.3, -0.25) is 0 Å². The molecule has 70 valence electrons. The number of aryl methyl sites for hydroxylation is 1. The van der Waals surface area contributed by atoms with Crippen LogP contribution in [0.15, 0.2) is 0 Å². The molecule has 1 rings (SSSR count). The van der Waals surface area contributed by atoms with E-state index in [9.17, 15) is 0 Å². The van der Waals surface area contributed by atoms with E-state index in [0.717, 1.165) is 13.0 Å². The van der Waals surface area contributed by atoms with Crippen LogP contribution in [0.3, 0.4) is 0 Å². The molecule has 0 radical (unpaired) electrons. The first-order valence-corrected chi connectivity index (χ1v) is 4.54. The van der Waals surface area contributed by atoms with Crippen molar-refractivity contribution in [2.45, 2.75) is 39.2 Å². The molecule has 1 aromatic rings. The topological polar surface area (TPSA) is 67.4 Å². The molecule has 0 bridgehead atoms. The summed E-state index contributed by atoms with van der Waals surface area (Å²) in [5.41, 5.74) is 0. The number of hydrogen-bond acceptors (Lipinski definition) is 4. The predicted octanol–water partition coefficient (Wildman–Crippen LogP) is 1.13. The summed E-state index contributed by atoms with van der Waals surface area (Å²) in [6.45, 7) is 2.91. The van der Waals surface area contributed by atoms with E-state index < -0.39 is 0 Å². The normalized spacial score (nSPS) is 9.85. The second kappa shape index (κ2) is 5.25. The van der Waals surface area contributed by atoms with Gasteiger partial charge in [0, 0.05) is 6.54 Å². The third kappa shape index (κ3) is 2.82. The Labute approximate surface area is 77.4 Å². The quantitative estimate of drug-likeness (QED) is 0.635. The van der Waals surface area contributed by atoms with E-state index in [0.29, 0.717) is 5.82 Å². The second-order valence-corrected chi connectivity index (χ2v) is 2.90. The molecule has 0 saturated carbocycles. The van der Waals surface area contributed by atoms with Crippen LogP contribution in [0.5, 0.6) is 0 Å². The number of aromatic nitrogens is 4. The molecule has 5 heteroatoms. The maximum atomic E-state index is 8.60. The van der Waals surface area contributed by atoms with Crippen LogP contribution >= 0.6 is 0 Å². The van der Waals surface area contributed by atoms with Crippen molar-refractivity contribution in [3.05, 3.63) is 5.82 Å². The van der Waals surface area contributed by atoms with E-state index in [2.05, 4.69) is 22.4 Å². The minimum absolute atomic E-state index is 0.302. The van der Waals surface area contributed by atoms with Gasteiger partial charge in [-0.05, 0) is 16.8 Å². The first-order chi connectivity index (χ1) is 6.38. The highest BCUT2D eigenvalue weighted by atomic mass is 15.5. The fourth-order valence-electron chi connectivity index (χ4n) is 1.12. The molecule has 1 aromatic heterocycles. The molecule has 0 unspecified atom stereocenters. The fraction of sp³-hybridized carbons (Fsp3) is 0.750. The van der Waals surface area contributed by atoms with Gasteiger partial charge in [0.15, 0.2) is 0 Å². The summed E-state index contributed by atoms with van der Waals surface area (Å²) in [6, 6.07) is 1.94. The van der Waals surface area contributed by atoms with Gasteiger partial charge in [0.2, 0.25) is 0 Å². The van der Waals surface area contributed by atoms with E-state index in [4.69, 9.17) is 5.26 Å². The van der Waals surface area contributed by atoms with Gasteiger partial charge in [-0.25, -0.2) is 4.68 Å². The Morgan fingerprint density at radius 3 is 2.92 bits per heavy atom. The molecular formula is C8H13N5. The summed E-state index contributed by atoms with van der Waals surface area (Å²) in [5.74, 6) is 0.302. The summed E-state index contributed by atoms with van der Waals surface area (Å²) in [4.78, 5) is 0. The Hall–Kier alpha value is -1.44. The second-order valence-electron chi connectivity index (χ2n) is 2.90. The molecule has 0 saturated heterocycles. The summed E-state index contributed by atoms with van der Waals surface area (Å²) in [5, 5.41) is 19.3. The van der Waals surface area contributed by atoms with Gasteiger partial charge in [0.1, 0.15) is 6.07 Å². The molecule has 0 aromatic carbocycles. The maximum absolute atomic E-state index is 8.60. The van der Waals surface area contributed by atoms with Crippen LogP contribution in [0.4, 0.5) is 0 Å². The van der Waals surface area contributed by atoms with Gasteiger partial charge in [0.05, 0.1) is 0 Å². The lowest BCUT2D eigenvalue weighted by molar-refractivity contribution is 0.524. The molecule has 1 heterocycles. The van der Waals surface area contributed by atoms with E-state index >= 15 is 0 Å². The largest absolute Gasteiger partial charge is 0.253 e. The molecule has 13 heavy (non-hydrogen) atoms. The van der Waals surface area contributed by atoms with Crippen LogP contribution < -0.4 is 0 Å². The standard InChI is InChI=1S/C8H13N5/c1-2-3-4-5-6-13-8(7-9)10-11-12-13/h2-6H2,1H3. The Morgan fingerprint density at radius 1 is 1.38 bits per heavy atom. The van der Waals surface area contributed by atoms with Crippen molar-refractivity contribution in [3.8, 4) is 6.07 Å². The zero-order valence-corrected chi connectivity index (χ0v) is 7.77. The lowest BCUT2D eigenvalue weighted by Gasteiger charge is -1.98. The van der Waals surface area contributed by atoms with Gasteiger partial charge in [-0.15, -0.1) is 0 Å². The molecule has 0 amide bonds. The third-order valence-corrected chi connectivity index (χ3v) is 1.86. The van der Waals surface area contributed by atoms with Crippen LogP contribution in [0.25, 0.3) is 0 Å². The van der Waals surface area contributed by atoms with Crippen molar-refractivity contribution in [2.75, 3.05) is 0 Å². The number of nitrogens with zero attached hydrogens (tertiary/aromatic N) is 5. The summed E-state index contributed by atoms with van der Waals surface area (Å²) in [7, 11) is 0. The van der Waals surface area contributed by atoms with Gasteiger partial charge < -0.3 is 0 Å². The molecule has 0 aliphatic heterocycles. The first-order valence-electron chi connectivity index (χ1n) is 4.54. The highest BCUT2D eigenvalue weighted by molar-refractivity contribution is 5.05. The highest BCUT2D eigenvalue weighted by Gasteiger charge is 2.02. The monoisotopic (exact) mass is 179 g/mol. The SMILES string of the molecule is CCCCCCn1nnnc1C#N. The molecule has 0 aliphatic carbocycles. The number of tetrazole rings is 1. The maximum Gasteiger partial charge on any atom is 0.253 e. The number of hydrogen-bond donors (Lipinski definition) is 0. The molecule has 0 aliphatic rings. The molecule has 5 nitrogen and oxygen atoms in total. The van der Waals surface area contributed by atoms with Crippen molar-refractivity contribution in [2.24, 2.45) is 0 Å². The third-order valence-electron chi connectivity index (χ3n) is 1.86. The van der Waals surface area contributed by atoms with E-state index in [1.165, 1.54) is 19.3 Å². The summed E-state index contributed by atoms with van der Waals surface area (Å²) >= 11 is 0. The van der Waals surface area contributed by atoms with Crippen molar-refractivity contribution in [1.82, 2.24) is 20.2 Å². The van der Waals surface area contributed by atoms with Crippen LogP contribution in [0.2, 0.25) is 0 Å². The van der Waals surface area contributed by atoms with Gasteiger partial charge in [0.25, 0.3) is 5.82 Å². The van der Waals surface area contributed by atoms with E-state index in [-0.39, 0.29) is 0 Å². The molecule has 0 fully saturated rings. The lowest BCUT2D eigenvalue weighted by atomic mass is 10.2. The Morgan fingerprint density at radius 2 is 2.23 bits per heavy atom. The molecule has 0 spiro atoms. The minimum Gasteiger partial charge on any atom is -0.217 e. The van der Waals surface area contributed by atoms with Crippen molar-refractivity contribution < 1.29 is 0 Å². The fourth-order valence-corrected chi connectivity index (χ4v) is 1.12. The van der Waals surface area contributed by atoms with Crippen molar-refractivity contribution in [1.29, 1.82) is 5.26 Å². The van der Waals surface area contributed by atoms with Crippen LogP contribution in [-0.4, -0.2) is 20.2 Å². The minimum atomic E-state index is 0.302. The van der Waals surface area contributed by atoms with E-state index in [1.54, 1.807) is 4.68 Å². The highest BCUT2D eigenvalue weighted by Crippen LogP contribution is 2.01.